The lowest BCUT2D eigenvalue weighted by molar-refractivity contribution is -0.140. The summed E-state index contributed by atoms with van der Waals surface area (Å²) in [6.07, 6.45) is 5.96. The van der Waals surface area contributed by atoms with Crippen LogP contribution >= 0.6 is 0 Å². The van der Waals surface area contributed by atoms with Crippen LogP contribution in [0.4, 0.5) is 0 Å². The monoisotopic (exact) mass is 322 g/mol. The summed E-state index contributed by atoms with van der Waals surface area (Å²) in [5.41, 5.74) is -0.0280. The van der Waals surface area contributed by atoms with Gasteiger partial charge in [-0.1, -0.05) is 20.8 Å². The van der Waals surface area contributed by atoms with E-state index in [-0.39, 0.29) is 29.0 Å². The van der Waals surface area contributed by atoms with Gasteiger partial charge in [0.15, 0.2) is 0 Å². The van der Waals surface area contributed by atoms with E-state index in [1.165, 1.54) is 0 Å². The molecule has 0 amide bonds. The average Bonchev–Trinajstić information content (AvgIpc) is 2.78. The molecule has 0 aromatic rings. The van der Waals surface area contributed by atoms with Gasteiger partial charge in [0.2, 0.25) is 0 Å². The molecule has 0 aliphatic heterocycles. The second-order valence-electron chi connectivity index (χ2n) is 9.28. The Morgan fingerprint density at radius 1 is 1.13 bits per heavy atom. The molecule has 3 aliphatic carbocycles. The van der Waals surface area contributed by atoms with Crippen LogP contribution in [-0.4, -0.2) is 28.2 Å². The first kappa shape index (κ1) is 17.4. The maximum Gasteiger partial charge on any atom is 0.139 e. The van der Waals surface area contributed by atoms with Gasteiger partial charge in [-0.2, -0.15) is 0 Å². The number of ketones is 1. The van der Waals surface area contributed by atoms with E-state index in [0.29, 0.717) is 30.0 Å². The SMILES string of the molecule is C[C@@H](O)C1C2CCC(=O)C2(C)CCC1C1(C)CC[C@H](O)C[C@@H]1C. The first-order chi connectivity index (χ1) is 10.7. The second kappa shape index (κ2) is 5.84. The van der Waals surface area contributed by atoms with Gasteiger partial charge in [-0.05, 0) is 74.5 Å². The van der Waals surface area contributed by atoms with Gasteiger partial charge in [0.1, 0.15) is 5.78 Å². The summed E-state index contributed by atoms with van der Waals surface area (Å²) in [6.45, 7) is 8.73. The van der Waals surface area contributed by atoms with E-state index in [4.69, 9.17) is 0 Å². The highest BCUT2D eigenvalue weighted by atomic mass is 16.3. The molecule has 23 heavy (non-hydrogen) atoms. The van der Waals surface area contributed by atoms with Gasteiger partial charge >= 0.3 is 0 Å². The number of hydrogen-bond acceptors (Lipinski definition) is 3. The smallest absolute Gasteiger partial charge is 0.139 e. The van der Waals surface area contributed by atoms with Crippen LogP contribution in [0.1, 0.15) is 72.6 Å². The molecule has 0 spiro atoms. The van der Waals surface area contributed by atoms with Crippen molar-refractivity contribution in [3.63, 3.8) is 0 Å². The van der Waals surface area contributed by atoms with Crippen LogP contribution < -0.4 is 0 Å². The van der Waals surface area contributed by atoms with E-state index >= 15 is 0 Å². The number of rotatable bonds is 2. The predicted molar refractivity (Wildman–Crippen MR) is 90.9 cm³/mol. The normalized spacial score (nSPS) is 52.3. The second-order valence-corrected chi connectivity index (χ2v) is 9.28. The van der Waals surface area contributed by atoms with Crippen molar-refractivity contribution in [2.45, 2.75) is 84.8 Å². The first-order valence-electron chi connectivity index (χ1n) is 9.59. The molecule has 3 rings (SSSR count). The third-order valence-corrected chi connectivity index (χ3v) is 8.21. The Kier molecular flexibility index (Phi) is 4.42. The van der Waals surface area contributed by atoms with Crippen molar-refractivity contribution in [1.82, 2.24) is 0 Å². The number of aliphatic hydroxyl groups excluding tert-OH is 2. The molecular weight excluding hydrogens is 288 g/mol. The Balaban J connectivity index is 1.92. The number of carbonyl (C=O) groups excluding carboxylic acids is 1. The van der Waals surface area contributed by atoms with E-state index in [9.17, 15) is 15.0 Å². The lowest BCUT2D eigenvalue weighted by atomic mass is 9.49. The van der Waals surface area contributed by atoms with E-state index < -0.39 is 0 Å². The molecule has 0 saturated heterocycles. The lowest BCUT2D eigenvalue weighted by Gasteiger charge is -2.56. The van der Waals surface area contributed by atoms with E-state index in [1.54, 1.807) is 0 Å². The van der Waals surface area contributed by atoms with Gasteiger partial charge in [-0.15, -0.1) is 0 Å². The molecule has 3 heteroatoms. The molecule has 2 N–H and O–H groups in total. The summed E-state index contributed by atoms with van der Waals surface area (Å²) in [7, 11) is 0. The molecule has 0 heterocycles. The van der Waals surface area contributed by atoms with Gasteiger partial charge < -0.3 is 10.2 Å². The lowest BCUT2D eigenvalue weighted by Crippen LogP contribution is -2.53. The topological polar surface area (TPSA) is 57.5 Å². The predicted octanol–water partition coefficient (Wildman–Crippen LogP) is 3.57. The Hall–Kier alpha value is -0.410. The molecule has 0 aromatic heterocycles. The zero-order valence-electron chi connectivity index (χ0n) is 15.2. The molecule has 0 aromatic carbocycles. The zero-order chi connectivity index (χ0) is 17.0. The molecule has 8 atom stereocenters. The number of Topliss-reactive ketones (excluding diaryl/α,β-unsaturated/α-hetero) is 1. The van der Waals surface area contributed by atoms with Gasteiger partial charge in [0.25, 0.3) is 0 Å². The maximum absolute atomic E-state index is 12.5. The van der Waals surface area contributed by atoms with Gasteiger partial charge in [-0.25, -0.2) is 0 Å². The van der Waals surface area contributed by atoms with Crippen LogP contribution in [0.25, 0.3) is 0 Å². The summed E-state index contributed by atoms with van der Waals surface area (Å²) in [4.78, 5) is 12.5. The van der Waals surface area contributed by atoms with Crippen molar-refractivity contribution >= 4 is 5.78 Å². The number of fused-ring (bicyclic) bond motifs is 1. The highest BCUT2D eigenvalue weighted by molar-refractivity contribution is 5.87. The fraction of sp³-hybridized carbons (Fsp3) is 0.950. The fourth-order valence-corrected chi connectivity index (χ4v) is 6.48. The highest BCUT2D eigenvalue weighted by Crippen LogP contribution is 2.61. The Morgan fingerprint density at radius 2 is 1.83 bits per heavy atom. The number of carbonyl (C=O) groups is 1. The van der Waals surface area contributed by atoms with Gasteiger partial charge in [0, 0.05) is 11.8 Å². The third kappa shape index (κ3) is 2.59. The van der Waals surface area contributed by atoms with Gasteiger partial charge in [-0.3, -0.25) is 4.79 Å². The Labute approximate surface area is 140 Å². The minimum Gasteiger partial charge on any atom is -0.393 e. The summed E-state index contributed by atoms with van der Waals surface area (Å²) in [5.74, 6) is 1.92. The first-order valence-corrected chi connectivity index (χ1v) is 9.59. The minimum absolute atomic E-state index is 0.162. The van der Waals surface area contributed by atoms with Crippen LogP contribution in [0.15, 0.2) is 0 Å². The maximum atomic E-state index is 12.5. The van der Waals surface area contributed by atoms with Crippen molar-refractivity contribution < 1.29 is 15.0 Å². The molecule has 132 valence electrons. The summed E-state index contributed by atoms with van der Waals surface area (Å²) >= 11 is 0. The number of aliphatic hydroxyl groups is 2. The zero-order valence-corrected chi connectivity index (χ0v) is 15.2. The molecular formula is C20H34O3. The number of hydrogen-bond donors (Lipinski definition) is 2. The van der Waals surface area contributed by atoms with Crippen molar-refractivity contribution in [1.29, 1.82) is 0 Å². The van der Waals surface area contributed by atoms with Crippen LogP contribution in [0, 0.1) is 34.5 Å². The van der Waals surface area contributed by atoms with Gasteiger partial charge in [0.05, 0.1) is 12.2 Å². The highest BCUT2D eigenvalue weighted by Gasteiger charge is 2.58. The van der Waals surface area contributed by atoms with Crippen LogP contribution in [0.5, 0.6) is 0 Å². The largest absolute Gasteiger partial charge is 0.393 e. The summed E-state index contributed by atoms with van der Waals surface area (Å²) in [6, 6.07) is 0. The average molecular weight is 322 g/mol. The molecule has 0 radical (unpaired) electrons. The van der Waals surface area contributed by atoms with Crippen molar-refractivity contribution in [2.75, 3.05) is 0 Å². The van der Waals surface area contributed by atoms with Crippen LogP contribution in [0.2, 0.25) is 0 Å². The molecule has 0 bridgehead atoms. The quantitative estimate of drug-likeness (QED) is 0.817. The standard InChI is InChI=1S/C20H34O3/c1-12-11-14(22)7-9-19(12,3)16-8-10-20(4)15(5-6-17(20)23)18(16)13(2)21/h12-16,18,21-22H,5-11H2,1-4H3/t12-,13+,14-,15?,16?,18?,19?,20?/m0/s1. The van der Waals surface area contributed by atoms with Crippen molar-refractivity contribution in [3.8, 4) is 0 Å². The van der Waals surface area contributed by atoms with E-state index in [2.05, 4.69) is 20.8 Å². The van der Waals surface area contributed by atoms with E-state index in [1.807, 2.05) is 6.92 Å². The van der Waals surface area contributed by atoms with Crippen molar-refractivity contribution in [3.05, 3.63) is 0 Å². The molecule has 3 fully saturated rings. The Morgan fingerprint density at radius 3 is 2.43 bits per heavy atom. The molecule has 3 aliphatic rings. The Bertz CT molecular complexity index is 474. The summed E-state index contributed by atoms with van der Waals surface area (Å²) in [5, 5.41) is 20.6. The van der Waals surface area contributed by atoms with Crippen LogP contribution in [0.3, 0.4) is 0 Å². The van der Waals surface area contributed by atoms with Crippen molar-refractivity contribution in [2.24, 2.45) is 34.5 Å². The third-order valence-electron chi connectivity index (χ3n) is 8.21. The molecule has 3 nitrogen and oxygen atoms in total. The summed E-state index contributed by atoms with van der Waals surface area (Å²) < 4.78 is 0. The van der Waals surface area contributed by atoms with E-state index in [0.717, 1.165) is 38.5 Å². The van der Waals surface area contributed by atoms with Crippen LogP contribution in [-0.2, 0) is 4.79 Å². The molecule has 5 unspecified atom stereocenters. The fourth-order valence-electron chi connectivity index (χ4n) is 6.48. The minimum atomic E-state index is -0.355. The molecule has 3 saturated carbocycles.